The maximum absolute atomic E-state index is 12.6. The highest BCUT2D eigenvalue weighted by molar-refractivity contribution is 6.30. The van der Waals surface area contributed by atoms with Gasteiger partial charge in [0.15, 0.2) is 6.10 Å². The average Bonchev–Trinajstić information content (AvgIpc) is 2.76. The number of benzene rings is 2. The van der Waals surface area contributed by atoms with Gasteiger partial charge in [0, 0.05) is 16.8 Å². The Morgan fingerprint density at radius 2 is 1.84 bits per heavy atom. The monoisotopic (exact) mass is 455 g/mol. The van der Waals surface area contributed by atoms with E-state index in [0.717, 1.165) is 0 Å². The Hall–Kier alpha value is -3.65. The molecule has 0 saturated heterocycles. The summed E-state index contributed by atoms with van der Waals surface area (Å²) in [7, 11) is 0. The van der Waals surface area contributed by atoms with Gasteiger partial charge in [-0.1, -0.05) is 23.7 Å². The van der Waals surface area contributed by atoms with Gasteiger partial charge in [0.1, 0.15) is 5.75 Å². The van der Waals surface area contributed by atoms with Crippen molar-refractivity contribution in [1.29, 1.82) is 0 Å². The highest BCUT2D eigenvalue weighted by Gasteiger charge is 2.23. The molecule has 0 aliphatic heterocycles. The fourth-order valence-corrected chi connectivity index (χ4v) is 3.01. The van der Waals surface area contributed by atoms with Gasteiger partial charge in [-0.2, -0.15) is 5.10 Å². The minimum Gasteiger partial charge on any atom is -0.492 e. The number of carbonyl (C=O) groups is 2. The first-order chi connectivity index (χ1) is 15.3. The summed E-state index contributed by atoms with van der Waals surface area (Å²) in [6.45, 7) is 5.34. The van der Waals surface area contributed by atoms with E-state index in [-0.39, 0.29) is 0 Å². The quantitative estimate of drug-likeness (QED) is 0.544. The predicted molar refractivity (Wildman–Crippen MR) is 121 cm³/mol. The molecule has 1 amide bonds. The molecule has 0 aliphatic carbocycles. The SMILES string of the molecule is CCOc1ccccc1NC(=O)C(C)OC(=O)c1nn(-c2ccc(Cl)cc2)c(C)cc1=O. The van der Waals surface area contributed by atoms with E-state index in [9.17, 15) is 14.4 Å². The molecule has 1 unspecified atom stereocenters. The molecule has 1 aromatic heterocycles. The molecule has 0 saturated carbocycles. The predicted octanol–water partition coefficient (Wildman–Crippen LogP) is 3.78. The first-order valence-corrected chi connectivity index (χ1v) is 10.3. The number of hydrogen-bond acceptors (Lipinski definition) is 6. The van der Waals surface area contributed by atoms with Gasteiger partial charge in [-0.3, -0.25) is 9.59 Å². The molecule has 166 valence electrons. The summed E-state index contributed by atoms with van der Waals surface area (Å²) >= 11 is 5.92. The van der Waals surface area contributed by atoms with E-state index in [4.69, 9.17) is 21.1 Å². The second kappa shape index (κ2) is 10.1. The minimum absolute atomic E-state index is 0.427. The Balaban J connectivity index is 1.78. The molecule has 0 aliphatic rings. The number of carbonyl (C=O) groups excluding carboxylic acids is 2. The van der Waals surface area contributed by atoms with Crippen LogP contribution in [0.25, 0.3) is 5.69 Å². The summed E-state index contributed by atoms with van der Waals surface area (Å²) in [4.78, 5) is 37.5. The number of rotatable bonds is 7. The zero-order chi connectivity index (χ0) is 23.3. The standard InChI is InChI=1S/C23H22ClN3O5/c1-4-31-20-8-6-5-7-18(20)25-22(29)15(3)32-23(30)21-19(28)13-14(2)27(26-21)17-11-9-16(24)10-12-17/h5-13,15H,4H2,1-3H3,(H,25,29). The lowest BCUT2D eigenvalue weighted by atomic mass is 10.2. The van der Waals surface area contributed by atoms with E-state index < -0.39 is 29.1 Å². The number of halogens is 1. The third-order valence-corrected chi connectivity index (χ3v) is 4.72. The van der Waals surface area contributed by atoms with E-state index in [1.54, 1.807) is 55.5 Å². The first kappa shape index (κ1) is 23.0. The Kier molecular flexibility index (Phi) is 7.27. The van der Waals surface area contributed by atoms with Gasteiger partial charge >= 0.3 is 5.97 Å². The van der Waals surface area contributed by atoms with Crippen LogP contribution in [-0.4, -0.2) is 34.4 Å². The molecule has 8 nitrogen and oxygen atoms in total. The molecule has 0 radical (unpaired) electrons. The van der Waals surface area contributed by atoms with E-state index in [2.05, 4.69) is 10.4 Å². The van der Waals surface area contributed by atoms with E-state index in [1.807, 2.05) is 6.92 Å². The van der Waals surface area contributed by atoms with Crippen molar-refractivity contribution >= 4 is 29.2 Å². The summed E-state index contributed by atoms with van der Waals surface area (Å²) in [5.41, 5.74) is 0.541. The first-order valence-electron chi connectivity index (χ1n) is 9.90. The summed E-state index contributed by atoms with van der Waals surface area (Å²) in [6.07, 6.45) is -1.18. The molecular formula is C23H22ClN3O5. The smallest absolute Gasteiger partial charge is 0.363 e. The Morgan fingerprint density at radius 3 is 2.53 bits per heavy atom. The number of hydrogen-bond donors (Lipinski definition) is 1. The maximum atomic E-state index is 12.6. The number of ether oxygens (including phenoxy) is 2. The Morgan fingerprint density at radius 1 is 1.16 bits per heavy atom. The van der Waals surface area contributed by atoms with Crippen LogP contribution in [0.1, 0.15) is 30.0 Å². The summed E-state index contributed by atoms with van der Waals surface area (Å²) in [6, 6.07) is 14.9. The van der Waals surface area contributed by atoms with Crippen molar-refractivity contribution in [1.82, 2.24) is 9.78 Å². The van der Waals surface area contributed by atoms with Crippen molar-refractivity contribution in [2.75, 3.05) is 11.9 Å². The molecule has 3 rings (SSSR count). The number of nitrogens with zero attached hydrogens (tertiary/aromatic N) is 2. The summed E-state index contributed by atoms with van der Waals surface area (Å²) < 4.78 is 12.1. The van der Waals surface area contributed by atoms with Crippen molar-refractivity contribution in [3.05, 3.63) is 81.2 Å². The van der Waals surface area contributed by atoms with Gasteiger partial charge in [0.25, 0.3) is 5.91 Å². The lowest BCUT2D eigenvalue weighted by Gasteiger charge is -2.16. The third-order valence-electron chi connectivity index (χ3n) is 4.47. The van der Waals surface area contributed by atoms with Crippen LogP contribution in [0.15, 0.2) is 59.4 Å². The number of nitrogens with one attached hydrogen (secondary N) is 1. The van der Waals surface area contributed by atoms with E-state index in [0.29, 0.717) is 34.4 Å². The van der Waals surface area contributed by atoms with Crippen LogP contribution >= 0.6 is 11.6 Å². The Bertz CT molecular complexity index is 1190. The largest absolute Gasteiger partial charge is 0.492 e. The van der Waals surface area contributed by atoms with Gasteiger partial charge in [-0.25, -0.2) is 9.48 Å². The van der Waals surface area contributed by atoms with Crippen molar-refractivity contribution in [3.63, 3.8) is 0 Å². The topological polar surface area (TPSA) is 99.5 Å². The molecule has 9 heteroatoms. The zero-order valence-corrected chi connectivity index (χ0v) is 18.6. The number of esters is 1. The third kappa shape index (κ3) is 5.33. The van der Waals surface area contributed by atoms with Crippen LogP contribution in [0.4, 0.5) is 5.69 Å². The summed E-state index contributed by atoms with van der Waals surface area (Å²) in [5, 5.41) is 7.34. The van der Waals surface area contributed by atoms with Crippen molar-refractivity contribution in [2.24, 2.45) is 0 Å². The van der Waals surface area contributed by atoms with Crippen LogP contribution in [-0.2, 0) is 9.53 Å². The summed E-state index contributed by atoms with van der Waals surface area (Å²) in [5.74, 6) is -1.08. The van der Waals surface area contributed by atoms with Gasteiger partial charge in [0.2, 0.25) is 11.1 Å². The number of anilines is 1. The molecule has 0 bridgehead atoms. The number of amides is 1. The van der Waals surface area contributed by atoms with Gasteiger partial charge in [0.05, 0.1) is 18.0 Å². The van der Waals surface area contributed by atoms with Crippen LogP contribution in [0.5, 0.6) is 5.75 Å². The average molecular weight is 456 g/mol. The normalized spacial score (nSPS) is 11.5. The molecule has 32 heavy (non-hydrogen) atoms. The van der Waals surface area contributed by atoms with Crippen molar-refractivity contribution < 1.29 is 19.1 Å². The maximum Gasteiger partial charge on any atom is 0.363 e. The number of para-hydroxylation sites is 2. The fraction of sp³-hybridized carbons (Fsp3) is 0.217. The highest BCUT2D eigenvalue weighted by Crippen LogP contribution is 2.24. The molecular weight excluding hydrogens is 434 g/mol. The van der Waals surface area contributed by atoms with Crippen LogP contribution < -0.4 is 15.5 Å². The number of aromatic nitrogens is 2. The molecule has 3 aromatic rings. The lowest BCUT2D eigenvalue weighted by molar-refractivity contribution is -0.123. The lowest BCUT2D eigenvalue weighted by Crippen LogP contribution is -2.33. The molecule has 1 N–H and O–H groups in total. The van der Waals surface area contributed by atoms with Crippen LogP contribution in [0, 0.1) is 6.92 Å². The second-order valence-corrected chi connectivity index (χ2v) is 7.29. The molecule has 1 atom stereocenters. The number of aryl methyl sites for hydroxylation is 1. The van der Waals surface area contributed by atoms with Crippen LogP contribution in [0.2, 0.25) is 5.02 Å². The second-order valence-electron chi connectivity index (χ2n) is 6.85. The van der Waals surface area contributed by atoms with E-state index in [1.165, 1.54) is 17.7 Å². The van der Waals surface area contributed by atoms with E-state index >= 15 is 0 Å². The molecule has 2 aromatic carbocycles. The molecule has 0 fully saturated rings. The van der Waals surface area contributed by atoms with Gasteiger partial charge in [-0.05, 0) is 57.2 Å². The molecule has 0 spiro atoms. The van der Waals surface area contributed by atoms with Gasteiger partial charge in [-0.15, -0.1) is 0 Å². The van der Waals surface area contributed by atoms with Crippen molar-refractivity contribution in [3.8, 4) is 11.4 Å². The fourth-order valence-electron chi connectivity index (χ4n) is 2.89. The van der Waals surface area contributed by atoms with Crippen molar-refractivity contribution in [2.45, 2.75) is 26.9 Å². The minimum atomic E-state index is -1.18. The molecule has 1 heterocycles. The zero-order valence-electron chi connectivity index (χ0n) is 17.8. The van der Waals surface area contributed by atoms with Crippen LogP contribution in [0.3, 0.4) is 0 Å². The van der Waals surface area contributed by atoms with Gasteiger partial charge < -0.3 is 14.8 Å². The Labute approximate surface area is 189 Å². The highest BCUT2D eigenvalue weighted by atomic mass is 35.5.